The Balaban J connectivity index is 1.52. The zero-order valence-electron chi connectivity index (χ0n) is 16.3. The van der Waals surface area contributed by atoms with Gasteiger partial charge >= 0.3 is 0 Å². The van der Waals surface area contributed by atoms with Gasteiger partial charge in [0.1, 0.15) is 5.75 Å². The number of aromatic hydroxyl groups is 1. The number of aryl methyl sites for hydroxylation is 1. The Morgan fingerprint density at radius 2 is 1.58 bits per heavy atom. The van der Waals surface area contributed by atoms with Crippen molar-refractivity contribution < 1.29 is 5.11 Å². The summed E-state index contributed by atoms with van der Waals surface area (Å²) in [6, 6.07) is 20.0. The first-order valence-corrected chi connectivity index (χ1v) is 10.2. The fourth-order valence-corrected chi connectivity index (χ4v) is 4.52. The van der Waals surface area contributed by atoms with Gasteiger partial charge in [-0.15, -0.1) is 0 Å². The van der Waals surface area contributed by atoms with Crippen LogP contribution in [0.5, 0.6) is 5.75 Å². The van der Waals surface area contributed by atoms with Crippen LogP contribution in [0, 0.1) is 0 Å². The van der Waals surface area contributed by atoms with Crippen molar-refractivity contribution in [3.8, 4) is 5.75 Å². The Morgan fingerprint density at radius 3 is 2.23 bits per heavy atom. The molecular formula is C24H33NO. The number of benzene rings is 2. The number of rotatable bonds is 7. The van der Waals surface area contributed by atoms with E-state index in [4.69, 9.17) is 0 Å². The molecule has 0 spiro atoms. The third kappa shape index (κ3) is 4.88. The molecule has 1 saturated carbocycles. The number of nitrogens with zero attached hydrogens (tertiary/aromatic N) is 1. The van der Waals surface area contributed by atoms with Crippen LogP contribution in [0.3, 0.4) is 0 Å². The average Bonchev–Trinajstić information content (AvgIpc) is 2.66. The summed E-state index contributed by atoms with van der Waals surface area (Å²) in [5, 5.41) is 10.1. The van der Waals surface area contributed by atoms with Crippen LogP contribution >= 0.6 is 0 Å². The topological polar surface area (TPSA) is 23.5 Å². The zero-order valence-corrected chi connectivity index (χ0v) is 16.3. The molecule has 0 aromatic heterocycles. The predicted molar refractivity (Wildman–Crippen MR) is 110 cm³/mol. The van der Waals surface area contributed by atoms with E-state index in [1.165, 1.54) is 44.2 Å². The Hall–Kier alpha value is -1.80. The first-order valence-electron chi connectivity index (χ1n) is 10.2. The molecule has 0 atom stereocenters. The van der Waals surface area contributed by atoms with E-state index in [1.54, 1.807) is 0 Å². The highest BCUT2D eigenvalue weighted by molar-refractivity contribution is 5.35. The summed E-state index contributed by atoms with van der Waals surface area (Å²) >= 11 is 0. The van der Waals surface area contributed by atoms with Crippen LogP contribution in [0.15, 0.2) is 54.6 Å². The lowest BCUT2D eigenvalue weighted by Gasteiger charge is -2.39. The van der Waals surface area contributed by atoms with E-state index in [0.717, 1.165) is 12.0 Å². The van der Waals surface area contributed by atoms with E-state index < -0.39 is 0 Å². The molecule has 0 radical (unpaired) electrons. The van der Waals surface area contributed by atoms with Crippen molar-refractivity contribution >= 4 is 0 Å². The van der Waals surface area contributed by atoms with Crippen LogP contribution in [0.25, 0.3) is 0 Å². The minimum Gasteiger partial charge on any atom is -0.508 e. The second-order valence-corrected chi connectivity index (χ2v) is 7.98. The summed E-state index contributed by atoms with van der Waals surface area (Å²) in [5.41, 5.74) is 2.59. The van der Waals surface area contributed by atoms with Gasteiger partial charge < -0.3 is 5.11 Å². The third-order valence-corrected chi connectivity index (χ3v) is 5.93. The molecule has 1 aliphatic rings. The largest absolute Gasteiger partial charge is 0.508 e. The summed E-state index contributed by atoms with van der Waals surface area (Å²) in [6.45, 7) is 5.84. The first-order chi connectivity index (χ1) is 12.6. The van der Waals surface area contributed by atoms with Crippen molar-refractivity contribution in [3.63, 3.8) is 0 Å². The van der Waals surface area contributed by atoms with Gasteiger partial charge in [-0.2, -0.15) is 0 Å². The summed E-state index contributed by atoms with van der Waals surface area (Å²) in [7, 11) is 0. The Bertz CT molecular complexity index is 659. The van der Waals surface area contributed by atoms with E-state index >= 15 is 0 Å². The van der Waals surface area contributed by atoms with Gasteiger partial charge in [-0.3, -0.25) is 4.90 Å². The molecule has 0 aliphatic heterocycles. The standard InChI is InChI=1S/C24H33NO/c1-19(2)25(18-8-11-20-9-4-3-5-10-20)22-16-14-21(15-17-22)23-12-6-7-13-24(23)26/h3-7,9-10,12-13,19,21-22,26H,8,11,14-18H2,1-2H3. The van der Waals surface area contributed by atoms with Crippen molar-refractivity contribution in [1.29, 1.82) is 0 Å². The Labute approximate surface area is 158 Å². The molecule has 0 heterocycles. The summed E-state index contributed by atoms with van der Waals surface area (Å²) in [4.78, 5) is 2.71. The molecule has 140 valence electrons. The minimum absolute atomic E-state index is 0.472. The smallest absolute Gasteiger partial charge is 0.119 e. The minimum atomic E-state index is 0.472. The second kappa shape index (κ2) is 9.23. The van der Waals surface area contributed by atoms with Crippen molar-refractivity contribution in [2.45, 2.75) is 70.4 Å². The monoisotopic (exact) mass is 351 g/mol. The van der Waals surface area contributed by atoms with Gasteiger partial charge in [0.2, 0.25) is 0 Å². The summed E-state index contributed by atoms with van der Waals surface area (Å²) in [6.07, 6.45) is 7.23. The molecule has 0 unspecified atom stereocenters. The van der Waals surface area contributed by atoms with E-state index in [1.807, 2.05) is 18.2 Å². The molecule has 0 saturated heterocycles. The molecule has 0 bridgehead atoms. The van der Waals surface area contributed by atoms with E-state index in [0.29, 0.717) is 23.8 Å². The maximum atomic E-state index is 10.1. The molecule has 26 heavy (non-hydrogen) atoms. The van der Waals surface area contributed by atoms with E-state index in [-0.39, 0.29) is 0 Å². The van der Waals surface area contributed by atoms with Crippen LogP contribution in [0.1, 0.15) is 63.0 Å². The van der Waals surface area contributed by atoms with Gasteiger partial charge in [0.05, 0.1) is 0 Å². The number of phenols is 1. The highest BCUT2D eigenvalue weighted by Crippen LogP contribution is 2.38. The molecule has 2 nitrogen and oxygen atoms in total. The number of hydrogen-bond acceptors (Lipinski definition) is 2. The van der Waals surface area contributed by atoms with Gasteiger partial charge in [-0.25, -0.2) is 0 Å². The highest BCUT2D eigenvalue weighted by Gasteiger charge is 2.28. The van der Waals surface area contributed by atoms with Crippen molar-refractivity contribution in [2.75, 3.05) is 6.54 Å². The molecule has 0 amide bonds. The fraction of sp³-hybridized carbons (Fsp3) is 0.500. The molecular weight excluding hydrogens is 318 g/mol. The fourth-order valence-electron chi connectivity index (χ4n) is 4.52. The molecule has 3 rings (SSSR count). The second-order valence-electron chi connectivity index (χ2n) is 7.98. The van der Waals surface area contributed by atoms with Crippen molar-refractivity contribution in [1.82, 2.24) is 4.90 Å². The normalized spacial score (nSPS) is 20.6. The molecule has 2 aromatic carbocycles. The lowest BCUT2D eigenvalue weighted by Crippen LogP contribution is -2.43. The number of phenolic OH excluding ortho intramolecular Hbond substituents is 1. The quantitative estimate of drug-likeness (QED) is 0.685. The number of para-hydroxylation sites is 1. The lowest BCUT2D eigenvalue weighted by atomic mass is 9.80. The molecule has 1 aliphatic carbocycles. The summed E-state index contributed by atoms with van der Waals surface area (Å²) in [5.74, 6) is 0.991. The van der Waals surface area contributed by atoms with Crippen LogP contribution in [0.2, 0.25) is 0 Å². The Kier molecular flexibility index (Phi) is 6.73. The average molecular weight is 352 g/mol. The lowest BCUT2D eigenvalue weighted by molar-refractivity contribution is 0.113. The van der Waals surface area contributed by atoms with Crippen LogP contribution < -0.4 is 0 Å². The van der Waals surface area contributed by atoms with E-state index in [9.17, 15) is 5.11 Å². The van der Waals surface area contributed by atoms with Gasteiger partial charge in [-0.05, 0) is 82.0 Å². The summed E-state index contributed by atoms with van der Waals surface area (Å²) < 4.78 is 0. The molecule has 2 aromatic rings. The van der Waals surface area contributed by atoms with Crippen LogP contribution in [-0.2, 0) is 6.42 Å². The Morgan fingerprint density at radius 1 is 0.923 bits per heavy atom. The predicted octanol–water partition coefficient (Wildman–Crippen LogP) is 5.76. The van der Waals surface area contributed by atoms with Crippen molar-refractivity contribution in [3.05, 3.63) is 65.7 Å². The van der Waals surface area contributed by atoms with Crippen LogP contribution in [-0.4, -0.2) is 28.6 Å². The molecule has 1 N–H and O–H groups in total. The first kappa shape index (κ1) is 19.0. The van der Waals surface area contributed by atoms with Crippen LogP contribution in [0.4, 0.5) is 0 Å². The van der Waals surface area contributed by atoms with E-state index in [2.05, 4.69) is 55.1 Å². The molecule has 2 heteroatoms. The van der Waals surface area contributed by atoms with Gasteiger partial charge in [0, 0.05) is 12.1 Å². The SMILES string of the molecule is CC(C)N(CCCc1ccccc1)C1CCC(c2ccccc2O)CC1. The zero-order chi connectivity index (χ0) is 18.4. The third-order valence-electron chi connectivity index (χ3n) is 5.93. The highest BCUT2D eigenvalue weighted by atomic mass is 16.3. The maximum absolute atomic E-state index is 10.1. The van der Waals surface area contributed by atoms with Gasteiger partial charge in [0.15, 0.2) is 0 Å². The van der Waals surface area contributed by atoms with Gasteiger partial charge in [0.25, 0.3) is 0 Å². The molecule has 1 fully saturated rings. The number of hydrogen-bond donors (Lipinski definition) is 1. The van der Waals surface area contributed by atoms with Gasteiger partial charge in [-0.1, -0.05) is 48.5 Å². The maximum Gasteiger partial charge on any atom is 0.119 e. The van der Waals surface area contributed by atoms with Crippen molar-refractivity contribution in [2.24, 2.45) is 0 Å².